The number of ether oxygens (including phenoxy) is 3. The van der Waals surface area contributed by atoms with E-state index in [4.69, 9.17) is 30.8 Å². The molecule has 1 atom stereocenters. The average molecular weight is 928 g/mol. The molecule has 1 aliphatic rings. The maximum Gasteiger partial charge on any atom is 0.431 e. The zero-order chi connectivity index (χ0) is 45.3. The topological polar surface area (TPSA) is 131 Å². The summed E-state index contributed by atoms with van der Waals surface area (Å²) in [6.07, 6.45) is -8.27. The largest absolute Gasteiger partial charge is 0.491 e. The Bertz CT molecular complexity index is 2800. The molecule has 0 spiro atoms. The fraction of sp³-hybridized carbons (Fsp3) is 0.318. The van der Waals surface area contributed by atoms with Crippen LogP contribution < -0.4 is 14.2 Å². The number of aliphatic carboxylic acids is 1. The van der Waals surface area contributed by atoms with E-state index in [1.54, 1.807) is 55.5 Å². The van der Waals surface area contributed by atoms with Crippen LogP contribution in [0.3, 0.4) is 0 Å². The molecule has 20 heteroatoms. The fourth-order valence-corrected chi connectivity index (χ4v) is 8.56. The van der Waals surface area contributed by atoms with Gasteiger partial charge in [-0.15, -0.1) is 0 Å². The van der Waals surface area contributed by atoms with Crippen LogP contribution in [0.25, 0.3) is 43.4 Å². The van der Waals surface area contributed by atoms with Gasteiger partial charge in [-0.1, -0.05) is 48.0 Å². The van der Waals surface area contributed by atoms with E-state index in [9.17, 15) is 36.2 Å². The number of carboxylic acids is 1. The summed E-state index contributed by atoms with van der Waals surface area (Å²) < 4.78 is 106. The number of benzene rings is 3. The SMILES string of the molecule is Cc1c(-c2c(-c3cccc4[nH]c(C(F)(F)F)cc34)ncc3snc(OC(Cc4ccccc4OCc4ccnn4CC(F)(F)F)C(=O)O)c23)ccc(OCCN2CCN(C)CC2)c1Cl. The number of nitrogens with one attached hydrogen (secondary N) is 1. The molecule has 1 fully saturated rings. The molecule has 8 rings (SSSR count). The standard InChI is InChI=1S/C44H40ClF6N7O5S/c1-25-28(10-11-33(39(25)45)61-19-18-57-16-14-56(2)15-17-57)37-38-35(22-52-40(37)29-7-5-8-31-30(29)21-36(54-31)44(49,50)51)64-55-41(38)63-34(42(59)60)20-26-6-3-4-9-32(26)62-23-27-12-13-53-58(27)24-43(46,47)48/h3-13,21-22,34,54H,14-20,23-24H2,1-2H3,(H,59,60). The molecule has 0 aliphatic carbocycles. The Kier molecular flexibility index (Phi) is 12.8. The second kappa shape index (κ2) is 18.3. The van der Waals surface area contributed by atoms with Crippen LogP contribution in [0.15, 0.2) is 79.1 Å². The van der Waals surface area contributed by atoms with Crippen molar-refractivity contribution in [1.82, 2.24) is 33.9 Å². The molecule has 0 amide bonds. The van der Waals surface area contributed by atoms with Gasteiger partial charge in [-0.25, -0.2) is 4.79 Å². The number of hydrogen-bond acceptors (Lipinski definition) is 10. The maximum absolute atomic E-state index is 14.0. The van der Waals surface area contributed by atoms with Crippen LogP contribution >= 0.6 is 23.1 Å². The van der Waals surface area contributed by atoms with Crippen molar-refractivity contribution in [2.24, 2.45) is 0 Å². The molecule has 3 aromatic carbocycles. The molecule has 64 heavy (non-hydrogen) atoms. The van der Waals surface area contributed by atoms with Crippen molar-refractivity contribution in [3.8, 4) is 39.8 Å². The number of H-pyrrole nitrogens is 1. The van der Waals surface area contributed by atoms with Crippen molar-refractivity contribution in [2.45, 2.75) is 45.0 Å². The zero-order valence-electron chi connectivity index (χ0n) is 34.3. The van der Waals surface area contributed by atoms with E-state index >= 15 is 0 Å². The third kappa shape index (κ3) is 9.76. The van der Waals surface area contributed by atoms with Gasteiger partial charge in [0.25, 0.3) is 0 Å². The number of pyridine rings is 1. The van der Waals surface area contributed by atoms with Crippen LogP contribution in [0, 0.1) is 6.92 Å². The first-order valence-corrected chi connectivity index (χ1v) is 21.2. The highest BCUT2D eigenvalue weighted by Gasteiger charge is 2.34. The number of halogens is 7. The zero-order valence-corrected chi connectivity index (χ0v) is 35.8. The highest BCUT2D eigenvalue weighted by atomic mass is 35.5. The molecule has 336 valence electrons. The molecule has 1 saturated heterocycles. The number of hydrogen-bond donors (Lipinski definition) is 2. The summed E-state index contributed by atoms with van der Waals surface area (Å²) in [6, 6.07) is 17.1. The minimum atomic E-state index is -4.66. The second-order valence-electron chi connectivity index (χ2n) is 15.3. The first kappa shape index (κ1) is 44.7. The van der Waals surface area contributed by atoms with Crippen LogP contribution in [0.1, 0.15) is 22.5 Å². The number of aromatic amines is 1. The van der Waals surface area contributed by atoms with E-state index in [2.05, 4.69) is 31.3 Å². The van der Waals surface area contributed by atoms with Crippen molar-refractivity contribution in [3.05, 3.63) is 107 Å². The molecule has 4 aromatic heterocycles. The van der Waals surface area contributed by atoms with Gasteiger partial charge in [-0.05, 0) is 72.5 Å². The van der Waals surface area contributed by atoms with Gasteiger partial charge in [0.2, 0.25) is 12.0 Å². The Balaban J connectivity index is 1.17. The molecule has 12 nitrogen and oxygen atoms in total. The predicted octanol–water partition coefficient (Wildman–Crippen LogP) is 9.53. The lowest BCUT2D eigenvalue weighted by Crippen LogP contribution is -2.45. The van der Waals surface area contributed by atoms with Gasteiger partial charge in [-0.3, -0.25) is 14.6 Å². The minimum absolute atomic E-state index is 0.0826. The van der Waals surface area contributed by atoms with E-state index in [1.807, 2.05) is 0 Å². The van der Waals surface area contributed by atoms with Gasteiger partial charge in [0.1, 0.15) is 37.0 Å². The average Bonchev–Trinajstić information content (AvgIpc) is 4.00. The van der Waals surface area contributed by atoms with Gasteiger partial charge in [0.05, 0.1) is 26.5 Å². The number of carbonyl (C=O) groups is 1. The lowest BCUT2D eigenvalue weighted by Gasteiger charge is -2.32. The number of nitrogens with zero attached hydrogens (tertiary/aromatic N) is 6. The summed E-state index contributed by atoms with van der Waals surface area (Å²) in [7, 11) is 2.08. The molecule has 1 aliphatic heterocycles. The molecular weight excluding hydrogens is 888 g/mol. The van der Waals surface area contributed by atoms with E-state index in [1.165, 1.54) is 24.5 Å². The van der Waals surface area contributed by atoms with E-state index in [0.29, 0.717) is 61.8 Å². The first-order chi connectivity index (χ1) is 30.5. The van der Waals surface area contributed by atoms with E-state index in [0.717, 1.165) is 48.5 Å². The number of alkyl halides is 6. The van der Waals surface area contributed by atoms with Crippen molar-refractivity contribution < 1.29 is 50.5 Å². The number of para-hydroxylation sites is 1. The minimum Gasteiger partial charge on any atom is -0.491 e. The number of aromatic nitrogens is 5. The Morgan fingerprint density at radius 1 is 0.969 bits per heavy atom. The first-order valence-electron chi connectivity index (χ1n) is 20.0. The monoisotopic (exact) mass is 927 g/mol. The third-order valence-corrected chi connectivity index (χ3v) is 12.2. The lowest BCUT2D eigenvalue weighted by molar-refractivity contribution is -0.145. The molecule has 0 radical (unpaired) electrons. The number of piperazine rings is 1. The molecule has 1 unspecified atom stereocenters. The fourth-order valence-electron chi connectivity index (χ4n) is 7.65. The summed E-state index contributed by atoms with van der Waals surface area (Å²) >= 11 is 8.03. The Morgan fingerprint density at radius 3 is 2.50 bits per heavy atom. The number of likely N-dealkylation sites (N-methyl/N-ethyl adjacent to an activating group) is 1. The lowest BCUT2D eigenvalue weighted by atomic mass is 9.92. The summed E-state index contributed by atoms with van der Waals surface area (Å²) in [5.41, 5.74) is 1.86. The van der Waals surface area contributed by atoms with Gasteiger partial charge < -0.3 is 29.2 Å². The molecule has 7 aromatic rings. The third-order valence-electron chi connectivity index (χ3n) is 11.0. The second-order valence-corrected chi connectivity index (χ2v) is 16.5. The van der Waals surface area contributed by atoms with Crippen LogP contribution in [-0.4, -0.2) is 104 Å². The smallest absolute Gasteiger partial charge is 0.431 e. The molecule has 2 N–H and O–H groups in total. The maximum atomic E-state index is 14.0. The number of carboxylic acid groups (broad SMARTS) is 1. The van der Waals surface area contributed by atoms with Crippen molar-refractivity contribution >= 4 is 50.1 Å². The normalized spacial score (nSPS) is 14.6. The Morgan fingerprint density at radius 2 is 1.75 bits per heavy atom. The Labute approximate surface area is 371 Å². The predicted molar refractivity (Wildman–Crippen MR) is 229 cm³/mol. The molecular formula is C44H40ClF6N7O5S. The highest BCUT2D eigenvalue weighted by Crippen LogP contribution is 2.47. The van der Waals surface area contributed by atoms with Gasteiger partial charge in [-0.2, -0.15) is 35.8 Å². The summed E-state index contributed by atoms with van der Waals surface area (Å²) in [5, 5.41) is 15.2. The van der Waals surface area contributed by atoms with Crippen molar-refractivity contribution in [1.29, 1.82) is 0 Å². The summed E-state index contributed by atoms with van der Waals surface area (Å²) in [5.74, 6) is -0.802. The Hall–Kier alpha value is -5.89. The number of rotatable bonds is 15. The molecule has 0 saturated carbocycles. The number of fused-ring (bicyclic) bond motifs is 2. The quantitative estimate of drug-likeness (QED) is 0.0960. The summed E-state index contributed by atoms with van der Waals surface area (Å²) in [4.78, 5) is 24.8. The van der Waals surface area contributed by atoms with Crippen molar-refractivity contribution in [3.63, 3.8) is 0 Å². The van der Waals surface area contributed by atoms with Crippen LogP contribution in [0.4, 0.5) is 26.3 Å². The van der Waals surface area contributed by atoms with E-state index < -0.39 is 36.7 Å². The summed E-state index contributed by atoms with van der Waals surface area (Å²) in [6.45, 7) is 4.96. The van der Waals surface area contributed by atoms with Gasteiger partial charge in [0.15, 0.2) is 0 Å². The van der Waals surface area contributed by atoms with Crippen LogP contribution in [0.2, 0.25) is 5.02 Å². The van der Waals surface area contributed by atoms with Crippen LogP contribution in [-0.2, 0) is 30.5 Å². The van der Waals surface area contributed by atoms with Gasteiger partial charge >= 0.3 is 18.3 Å². The van der Waals surface area contributed by atoms with Crippen molar-refractivity contribution in [2.75, 3.05) is 46.4 Å². The van der Waals surface area contributed by atoms with Gasteiger partial charge in [0, 0.05) is 73.6 Å². The molecule has 5 heterocycles. The molecule has 0 bridgehead atoms. The highest BCUT2D eigenvalue weighted by molar-refractivity contribution is 7.13. The van der Waals surface area contributed by atoms with Crippen LogP contribution in [0.5, 0.6) is 17.4 Å². The van der Waals surface area contributed by atoms with E-state index in [-0.39, 0.29) is 46.9 Å².